The smallest absolute Gasteiger partial charge is 0.134 e. The quantitative estimate of drug-likeness (QED) is 0.832. The first-order valence-corrected chi connectivity index (χ1v) is 6.32. The van der Waals surface area contributed by atoms with Crippen LogP contribution in [0.25, 0.3) is 0 Å². The third-order valence-corrected chi connectivity index (χ3v) is 2.38. The number of nitrogens with one attached hydrogen (secondary N) is 1. The molecule has 0 saturated heterocycles. The zero-order valence-electron chi connectivity index (χ0n) is 12.1. The fourth-order valence-electron chi connectivity index (χ4n) is 1.83. The fraction of sp³-hybridized carbons (Fsp3) is 0.692. The van der Waals surface area contributed by atoms with Crippen molar-refractivity contribution in [2.24, 2.45) is 11.1 Å². The first-order valence-electron chi connectivity index (χ1n) is 6.32. The van der Waals surface area contributed by atoms with Crippen molar-refractivity contribution in [1.82, 2.24) is 9.97 Å². The minimum atomic E-state index is 0.235. The van der Waals surface area contributed by atoms with E-state index in [1.54, 1.807) is 0 Å². The highest BCUT2D eigenvalue weighted by Gasteiger charge is 2.15. The van der Waals surface area contributed by atoms with Crippen LogP contribution in [0.15, 0.2) is 6.07 Å². The van der Waals surface area contributed by atoms with Gasteiger partial charge in [-0.15, -0.1) is 0 Å². The second-order valence-electron chi connectivity index (χ2n) is 5.79. The van der Waals surface area contributed by atoms with Crippen LogP contribution in [0.3, 0.4) is 0 Å². The summed E-state index contributed by atoms with van der Waals surface area (Å²) in [6, 6.07) is 1.97. The SMILES string of the molecule is Cc1nc(NCCN)cc(N(C)CC(C)(C)C)n1. The molecule has 0 aliphatic carbocycles. The first-order chi connectivity index (χ1) is 8.31. The summed E-state index contributed by atoms with van der Waals surface area (Å²) in [5.41, 5.74) is 5.71. The van der Waals surface area contributed by atoms with Crippen molar-refractivity contribution in [3.8, 4) is 0 Å². The van der Waals surface area contributed by atoms with E-state index in [4.69, 9.17) is 5.73 Å². The van der Waals surface area contributed by atoms with Crippen LogP contribution in [-0.2, 0) is 0 Å². The molecule has 0 spiro atoms. The number of hydrogen-bond acceptors (Lipinski definition) is 5. The number of nitrogens with two attached hydrogens (primary N) is 1. The lowest BCUT2D eigenvalue weighted by Gasteiger charge is -2.27. The Balaban J connectivity index is 2.84. The summed E-state index contributed by atoms with van der Waals surface area (Å²) in [5, 5.41) is 3.19. The highest BCUT2D eigenvalue weighted by Crippen LogP contribution is 2.20. The van der Waals surface area contributed by atoms with Crippen LogP contribution in [0.5, 0.6) is 0 Å². The summed E-state index contributed by atoms with van der Waals surface area (Å²) in [4.78, 5) is 11.0. The maximum absolute atomic E-state index is 5.48. The summed E-state index contributed by atoms with van der Waals surface area (Å²) in [7, 11) is 2.06. The van der Waals surface area contributed by atoms with Gasteiger partial charge in [-0.05, 0) is 12.3 Å². The van der Waals surface area contributed by atoms with Crippen molar-refractivity contribution >= 4 is 11.6 Å². The van der Waals surface area contributed by atoms with Crippen LogP contribution in [0, 0.1) is 12.3 Å². The average Bonchev–Trinajstić information content (AvgIpc) is 2.23. The maximum Gasteiger partial charge on any atom is 0.134 e. The third kappa shape index (κ3) is 4.87. The van der Waals surface area contributed by atoms with Crippen molar-refractivity contribution in [3.05, 3.63) is 11.9 Å². The molecule has 0 aliphatic rings. The van der Waals surface area contributed by atoms with Gasteiger partial charge in [0.1, 0.15) is 17.5 Å². The van der Waals surface area contributed by atoms with E-state index < -0.39 is 0 Å². The van der Waals surface area contributed by atoms with Crippen LogP contribution in [0.2, 0.25) is 0 Å². The molecule has 0 saturated carbocycles. The van der Waals surface area contributed by atoms with E-state index in [1.807, 2.05) is 13.0 Å². The van der Waals surface area contributed by atoms with Gasteiger partial charge >= 0.3 is 0 Å². The second-order valence-corrected chi connectivity index (χ2v) is 5.79. The van der Waals surface area contributed by atoms with Crippen molar-refractivity contribution in [2.75, 3.05) is 36.9 Å². The van der Waals surface area contributed by atoms with Gasteiger partial charge in [-0.1, -0.05) is 20.8 Å². The molecule has 0 amide bonds. The lowest BCUT2D eigenvalue weighted by molar-refractivity contribution is 0.417. The highest BCUT2D eigenvalue weighted by molar-refractivity contribution is 5.49. The highest BCUT2D eigenvalue weighted by atomic mass is 15.2. The Hall–Kier alpha value is -1.36. The summed E-state index contributed by atoms with van der Waals surface area (Å²) in [6.45, 7) is 10.8. The molecule has 0 unspecified atom stereocenters. The molecule has 18 heavy (non-hydrogen) atoms. The molecule has 1 rings (SSSR count). The second kappa shape index (κ2) is 6.00. The molecule has 5 heteroatoms. The van der Waals surface area contributed by atoms with E-state index in [0.29, 0.717) is 6.54 Å². The topological polar surface area (TPSA) is 67.1 Å². The number of nitrogens with zero attached hydrogens (tertiary/aromatic N) is 3. The monoisotopic (exact) mass is 251 g/mol. The van der Waals surface area contributed by atoms with Gasteiger partial charge in [0.15, 0.2) is 0 Å². The lowest BCUT2D eigenvalue weighted by Crippen LogP contribution is -2.30. The van der Waals surface area contributed by atoms with Gasteiger partial charge < -0.3 is 16.0 Å². The first kappa shape index (κ1) is 14.7. The van der Waals surface area contributed by atoms with Crippen LogP contribution in [0.4, 0.5) is 11.6 Å². The molecule has 5 nitrogen and oxygen atoms in total. The fourth-order valence-corrected chi connectivity index (χ4v) is 1.83. The van der Waals surface area contributed by atoms with Crippen molar-refractivity contribution in [3.63, 3.8) is 0 Å². The zero-order chi connectivity index (χ0) is 13.8. The summed E-state index contributed by atoms with van der Waals surface area (Å²) in [6.07, 6.45) is 0. The van der Waals surface area contributed by atoms with Crippen molar-refractivity contribution < 1.29 is 0 Å². The number of rotatable bonds is 5. The van der Waals surface area contributed by atoms with Gasteiger partial charge in [0, 0.05) is 32.7 Å². The molecule has 0 aliphatic heterocycles. The lowest BCUT2D eigenvalue weighted by atomic mass is 9.96. The number of anilines is 2. The van der Waals surface area contributed by atoms with Gasteiger partial charge in [-0.25, -0.2) is 9.97 Å². The van der Waals surface area contributed by atoms with Crippen LogP contribution in [0.1, 0.15) is 26.6 Å². The van der Waals surface area contributed by atoms with E-state index in [2.05, 4.69) is 48.0 Å². The van der Waals surface area contributed by atoms with Crippen LogP contribution < -0.4 is 16.0 Å². The molecular weight excluding hydrogens is 226 g/mol. The van der Waals surface area contributed by atoms with E-state index in [-0.39, 0.29) is 5.41 Å². The van der Waals surface area contributed by atoms with Gasteiger partial charge in [0.2, 0.25) is 0 Å². The Morgan fingerprint density at radius 1 is 1.33 bits per heavy atom. The Morgan fingerprint density at radius 3 is 2.56 bits per heavy atom. The Bertz CT molecular complexity index is 383. The number of hydrogen-bond donors (Lipinski definition) is 2. The van der Waals surface area contributed by atoms with E-state index in [9.17, 15) is 0 Å². The standard InChI is InChI=1S/C13H25N5/c1-10-16-11(15-7-6-14)8-12(17-10)18(5)9-13(2,3)4/h8H,6-7,9,14H2,1-5H3,(H,15,16,17). The molecule has 1 heterocycles. The summed E-state index contributed by atoms with van der Waals surface area (Å²) in [5.74, 6) is 2.55. The molecular formula is C13H25N5. The average molecular weight is 251 g/mol. The Kier molecular flexibility index (Phi) is 4.90. The number of aromatic nitrogens is 2. The van der Waals surface area contributed by atoms with E-state index >= 15 is 0 Å². The molecule has 3 N–H and O–H groups in total. The van der Waals surface area contributed by atoms with Gasteiger partial charge in [-0.2, -0.15) is 0 Å². The Morgan fingerprint density at radius 2 is 2.00 bits per heavy atom. The molecule has 0 bridgehead atoms. The molecule has 0 aromatic carbocycles. The predicted molar refractivity (Wildman–Crippen MR) is 77.0 cm³/mol. The van der Waals surface area contributed by atoms with Gasteiger partial charge in [0.25, 0.3) is 0 Å². The molecule has 0 fully saturated rings. The third-order valence-electron chi connectivity index (χ3n) is 2.38. The van der Waals surface area contributed by atoms with Gasteiger partial charge in [0.05, 0.1) is 0 Å². The summed E-state index contributed by atoms with van der Waals surface area (Å²) < 4.78 is 0. The minimum Gasteiger partial charge on any atom is -0.369 e. The normalized spacial score (nSPS) is 11.4. The maximum atomic E-state index is 5.48. The summed E-state index contributed by atoms with van der Waals surface area (Å²) >= 11 is 0. The Labute approximate surface area is 110 Å². The van der Waals surface area contributed by atoms with Gasteiger partial charge in [-0.3, -0.25) is 0 Å². The molecule has 1 aromatic rings. The minimum absolute atomic E-state index is 0.235. The molecule has 1 aromatic heterocycles. The van der Waals surface area contributed by atoms with E-state index in [1.165, 1.54) is 0 Å². The predicted octanol–water partition coefficient (Wildman–Crippen LogP) is 1.64. The molecule has 102 valence electrons. The van der Waals surface area contributed by atoms with Crippen molar-refractivity contribution in [1.29, 1.82) is 0 Å². The molecule has 0 atom stereocenters. The van der Waals surface area contributed by atoms with Crippen LogP contribution in [-0.4, -0.2) is 36.6 Å². The van der Waals surface area contributed by atoms with E-state index in [0.717, 1.165) is 30.5 Å². The molecule has 0 radical (unpaired) electrons. The zero-order valence-corrected chi connectivity index (χ0v) is 12.1. The van der Waals surface area contributed by atoms with Crippen LogP contribution >= 0.6 is 0 Å². The largest absolute Gasteiger partial charge is 0.369 e. The van der Waals surface area contributed by atoms with Crippen molar-refractivity contribution in [2.45, 2.75) is 27.7 Å². The number of aryl methyl sites for hydroxylation is 1.